The lowest BCUT2D eigenvalue weighted by Gasteiger charge is -2.16. The molecular weight excluding hydrogens is 427 g/mol. The Morgan fingerprint density at radius 2 is 2.00 bits per heavy atom. The molecule has 0 bridgehead atoms. The van der Waals surface area contributed by atoms with Gasteiger partial charge in [0.2, 0.25) is 10.0 Å². The minimum atomic E-state index is -3.00. The third-order valence-corrected chi connectivity index (χ3v) is 5.62. The number of nitrogens with zero attached hydrogens (tertiary/aromatic N) is 2. The van der Waals surface area contributed by atoms with Crippen molar-refractivity contribution in [2.24, 2.45) is 10.9 Å². The van der Waals surface area contributed by atoms with Gasteiger partial charge in [-0.1, -0.05) is 26.7 Å². The van der Waals surface area contributed by atoms with Crippen molar-refractivity contribution in [1.29, 1.82) is 0 Å². The van der Waals surface area contributed by atoms with Crippen molar-refractivity contribution < 1.29 is 8.42 Å². The SMILES string of the molecule is CCNC(=NCCCCC(C)C)NCCN1CCCS1(=O)=O.I. The molecule has 1 saturated heterocycles. The Bertz CT molecular complexity index is 441. The van der Waals surface area contributed by atoms with E-state index in [9.17, 15) is 8.42 Å². The fourth-order valence-corrected chi connectivity index (χ4v) is 3.97. The van der Waals surface area contributed by atoms with E-state index in [4.69, 9.17) is 0 Å². The third kappa shape index (κ3) is 9.71. The standard InChI is InChI=1S/C15H32N4O2S.HI/c1-4-16-15(17-9-6-5-8-14(2)3)18-10-12-19-11-7-13-22(19,20)21;/h14H,4-13H2,1-3H3,(H2,16,17,18);1H. The second-order valence-electron chi connectivity index (χ2n) is 6.15. The Balaban J connectivity index is 0.00000484. The molecule has 0 amide bonds. The summed E-state index contributed by atoms with van der Waals surface area (Å²) in [5.41, 5.74) is 0. The first-order valence-electron chi connectivity index (χ1n) is 8.45. The largest absolute Gasteiger partial charge is 0.357 e. The average Bonchev–Trinajstić information content (AvgIpc) is 2.77. The predicted octanol–water partition coefficient (Wildman–Crippen LogP) is 2.02. The number of nitrogens with one attached hydrogen (secondary N) is 2. The van der Waals surface area contributed by atoms with E-state index in [0.29, 0.717) is 19.6 Å². The lowest BCUT2D eigenvalue weighted by atomic mass is 10.1. The molecule has 0 aromatic heterocycles. The summed E-state index contributed by atoms with van der Waals surface area (Å²) < 4.78 is 25.0. The van der Waals surface area contributed by atoms with E-state index < -0.39 is 10.0 Å². The fourth-order valence-electron chi connectivity index (χ4n) is 2.44. The highest BCUT2D eigenvalue weighted by molar-refractivity contribution is 14.0. The van der Waals surface area contributed by atoms with E-state index in [1.807, 2.05) is 6.92 Å². The summed E-state index contributed by atoms with van der Waals surface area (Å²) in [6.07, 6.45) is 4.28. The number of aliphatic imine (C=N–C) groups is 1. The average molecular weight is 460 g/mol. The number of sulfonamides is 1. The van der Waals surface area contributed by atoms with Crippen molar-refractivity contribution in [1.82, 2.24) is 14.9 Å². The summed E-state index contributed by atoms with van der Waals surface area (Å²) in [7, 11) is -3.00. The highest BCUT2D eigenvalue weighted by Gasteiger charge is 2.27. The third-order valence-electron chi connectivity index (χ3n) is 3.66. The van der Waals surface area contributed by atoms with Gasteiger partial charge in [0.25, 0.3) is 0 Å². The van der Waals surface area contributed by atoms with E-state index in [-0.39, 0.29) is 29.7 Å². The molecule has 1 fully saturated rings. The van der Waals surface area contributed by atoms with Crippen molar-refractivity contribution in [3.05, 3.63) is 0 Å². The lowest BCUT2D eigenvalue weighted by molar-refractivity contribution is 0.445. The van der Waals surface area contributed by atoms with Gasteiger partial charge >= 0.3 is 0 Å². The zero-order chi connectivity index (χ0) is 16.4. The van der Waals surface area contributed by atoms with Gasteiger partial charge in [0.1, 0.15) is 0 Å². The Hall–Kier alpha value is -0.0900. The number of halogens is 1. The zero-order valence-electron chi connectivity index (χ0n) is 14.7. The summed E-state index contributed by atoms with van der Waals surface area (Å²) >= 11 is 0. The van der Waals surface area contributed by atoms with Gasteiger partial charge in [-0.15, -0.1) is 24.0 Å². The van der Waals surface area contributed by atoms with Crippen molar-refractivity contribution >= 4 is 40.0 Å². The first kappa shape index (κ1) is 22.9. The molecule has 0 spiro atoms. The second-order valence-corrected chi connectivity index (χ2v) is 8.23. The zero-order valence-corrected chi connectivity index (χ0v) is 17.8. The molecule has 2 N–H and O–H groups in total. The van der Waals surface area contributed by atoms with Crippen molar-refractivity contribution in [2.45, 2.75) is 46.5 Å². The molecule has 0 radical (unpaired) electrons. The molecule has 0 unspecified atom stereocenters. The first-order valence-corrected chi connectivity index (χ1v) is 10.1. The molecular formula is C15H33IN4O2S. The van der Waals surface area contributed by atoms with Gasteiger partial charge in [0.15, 0.2) is 5.96 Å². The summed E-state index contributed by atoms with van der Waals surface area (Å²) in [6.45, 7) is 9.87. The van der Waals surface area contributed by atoms with Gasteiger partial charge in [-0.3, -0.25) is 4.99 Å². The maximum Gasteiger partial charge on any atom is 0.214 e. The van der Waals surface area contributed by atoms with Crippen LogP contribution in [0.1, 0.15) is 46.5 Å². The maximum atomic E-state index is 11.7. The molecule has 0 aromatic carbocycles. The smallest absolute Gasteiger partial charge is 0.214 e. The molecule has 1 rings (SSSR count). The molecule has 1 aliphatic rings. The van der Waals surface area contributed by atoms with E-state index in [1.165, 1.54) is 12.8 Å². The van der Waals surface area contributed by atoms with Crippen LogP contribution in [0.25, 0.3) is 0 Å². The lowest BCUT2D eigenvalue weighted by Crippen LogP contribution is -2.42. The Morgan fingerprint density at radius 3 is 2.57 bits per heavy atom. The van der Waals surface area contributed by atoms with Crippen LogP contribution in [0.15, 0.2) is 4.99 Å². The number of hydrogen-bond donors (Lipinski definition) is 2. The maximum absolute atomic E-state index is 11.7. The highest BCUT2D eigenvalue weighted by atomic mass is 127. The molecule has 6 nitrogen and oxygen atoms in total. The van der Waals surface area contributed by atoms with Crippen molar-refractivity contribution in [3.63, 3.8) is 0 Å². The monoisotopic (exact) mass is 460 g/mol. The second kappa shape index (κ2) is 12.3. The number of rotatable bonds is 9. The summed E-state index contributed by atoms with van der Waals surface area (Å²) in [5, 5.41) is 6.42. The minimum absolute atomic E-state index is 0. The van der Waals surface area contributed by atoms with Gasteiger partial charge < -0.3 is 10.6 Å². The highest BCUT2D eigenvalue weighted by Crippen LogP contribution is 2.11. The van der Waals surface area contributed by atoms with Crippen LogP contribution in [0.2, 0.25) is 0 Å². The number of guanidine groups is 1. The fraction of sp³-hybridized carbons (Fsp3) is 0.933. The van der Waals surface area contributed by atoms with Gasteiger partial charge in [-0.2, -0.15) is 0 Å². The topological polar surface area (TPSA) is 73.8 Å². The summed E-state index contributed by atoms with van der Waals surface area (Å²) in [4.78, 5) is 4.54. The van der Waals surface area contributed by atoms with Gasteiger partial charge in [0, 0.05) is 32.7 Å². The normalized spacial score (nSPS) is 18.0. The van der Waals surface area contributed by atoms with Crippen LogP contribution in [0.3, 0.4) is 0 Å². The Kier molecular flexibility index (Phi) is 12.2. The number of hydrogen-bond acceptors (Lipinski definition) is 3. The van der Waals surface area contributed by atoms with Crippen LogP contribution in [0.4, 0.5) is 0 Å². The molecule has 23 heavy (non-hydrogen) atoms. The van der Waals surface area contributed by atoms with Crippen LogP contribution < -0.4 is 10.6 Å². The van der Waals surface area contributed by atoms with Crippen LogP contribution in [0, 0.1) is 5.92 Å². The van der Waals surface area contributed by atoms with Crippen LogP contribution in [-0.4, -0.2) is 57.2 Å². The number of unbranched alkanes of at least 4 members (excludes halogenated alkanes) is 1. The Labute approximate surface area is 159 Å². The summed E-state index contributed by atoms with van der Waals surface area (Å²) in [5.74, 6) is 1.82. The van der Waals surface area contributed by atoms with Gasteiger partial charge in [0.05, 0.1) is 5.75 Å². The summed E-state index contributed by atoms with van der Waals surface area (Å²) in [6, 6.07) is 0. The van der Waals surface area contributed by atoms with Crippen LogP contribution in [0.5, 0.6) is 0 Å². The van der Waals surface area contributed by atoms with Crippen molar-refractivity contribution in [3.8, 4) is 0 Å². The predicted molar refractivity (Wildman–Crippen MR) is 108 cm³/mol. The first-order chi connectivity index (χ1) is 10.5. The van der Waals surface area contributed by atoms with Crippen LogP contribution in [-0.2, 0) is 10.0 Å². The van der Waals surface area contributed by atoms with Gasteiger partial charge in [-0.05, 0) is 25.7 Å². The quantitative estimate of drug-likeness (QED) is 0.239. The Morgan fingerprint density at radius 1 is 1.26 bits per heavy atom. The molecule has 0 aliphatic carbocycles. The van der Waals surface area contributed by atoms with E-state index in [1.54, 1.807) is 4.31 Å². The molecule has 0 aromatic rings. The van der Waals surface area contributed by atoms with E-state index in [0.717, 1.165) is 37.8 Å². The van der Waals surface area contributed by atoms with E-state index >= 15 is 0 Å². The molecule has 1 heterocycles. The van der Waals surface area contributed by atoms with E-state index in [2.05, 4.69) is 29.5 Å². The van der Waals surface area contributed by atoms with Crippen molar-refractivity contribution in [2.75, 3.05) is 38.5 Å². The molecule has 1 aliphatic heterocycles. The molecule has 138 valence electrons. The molecule has 0 atom stereocenters. The van der Waals surface area contributed by atoms with Crippen LogP contribution >= 0.6 is 24.0 Å². The molecule has 0 saturated carbocycles. The molecule has 8 heteroatoms. The minimum Gasteiger partial charge on any atom is -0.357 e. The van der Waals surface area contributed by atoms with Gasteiger partial charge in [-0.25, -0.2) is 12.7 Å².